The average Bonchev–Trinajstić information content (AvgIpc) is 1.60. The molecule has 0 aromatic rings. The highest BCUT2D eigenvalue weighted by Crippen LogP contribution is 2.21. The molecule has 0 aliphatic rings. The lowest BCUT2D eigenvalue weighted by molar-refractivity contribution is -0.210. The van der Waals surface area contributed by atoms with Crippen molar-refractivity contribution in [2.75, 3.05) is 0 Å². The maximum absolute atomic E-state index is 11.1. The van der Waals surface area contributed by atoms with Crippen molar-refractivity contribution in [3.05, 3.63) is 0 Å². The number of hydrogen-bond donors (Lipinski definition) is 0. The van der Waals surface area contributed by atoms with Crippen molar-refractivity contribution in [1.82, 2.24) is 0 Å². The molecule has 0 aromatic carbocycles. The molecule has 0 spiro atoms. The van der Waals surface area contributed by atoms with Crippen LogP contribution in [0.3, 0.4) is 0 Å². The van der Waals surface area contributed by atoms with Crippen LogP contribution in [0.15, 0.2) is 0 Å². The summed E-state index contributed by atoms with van der Waals surface area (Å²) in [4.78, 5) is 18.9. The first-order valence-electron chi connectivity index (χ1n) is 1.77. The number of rotatable bonds is 1. The van der Waals surface area contributed by atoms with Gasteiger partial charge in [0, 0.05) is 0 Å². The number of carbonyl (C=O) groups excluding carboxylic acids is 1. The van der Waals surface area contributed by atoms with Gasteiger partial charge >= 0.3 is 20.4 Å². The molecule has 4 nitrogen and oxygen atoms in total. The van der Waals surface area contributed by atoms with E-state index in [1.54, 1.807) is 0 Å². The lowest BCUT2D eigenvalue weighted by atomic mass is 10.7. The van der Waals surface area contributed by atoms with Gasteiger partial charge in [-0.15, -0.1) is 0 Å². The van der Waals surface area contributed by atoms with Crippen molar-refractivity contribution in [3.63, 3.8) is 0 Å². The minimum atomic E-state index is -5.25. The molecule has 0 aromatic heterocycles. The van der Waals surface area contributed by atoms with Gasteiger partial charge in [0.1, 0.15) is 0 Å². The summed E-state index contributed by atoms with van der Waals surface area (Å²) in [7, 11) is -3.77. The van der Waals surface area contributed by atoms with Gasteiger partial charge < -0.3 is 4.89 Å². The maximum Gasteiger partial charge on any atom is 0.542 e. The van der Waals surface area contributed by atoms with Crippen LogP contribution in [0.1, 0.15) is 0 Å². The van der Waals surface area contributed by atoms with E-state index in [0.29, 0.717) is 0 Å². The monoisotopic (exact) mass is 176 g/mol. The van der Waals surface area contributed by atoms with Crippen LogP contribution in [-0.4, -0.2) is 12.1 Å². The number of carbonyl (C=O) groups is 1. The lowest BCUT2D eigenvalue weighted by Gasteiger charge is -1.97. The molecular formula is C2F3O4P. The maximum atomic E-state index is 11.1. The second-order valence-electron chi connectivity index (χ2n) is 1.10. The Hall–Kier alpha value is -0.680. The minimum Gasteiger partial charge on any atom is -0.558 e. The predicted octanol–water partition coefficient (Wildman–Crippen LogP) is 0.110. The van der Waals surface area contributed by atoms with E-state index in [-0.39, 0.29) is 0 Å². The fraction of sp³-hybridized carbons (Fsp3) is 0.500. The first-order valence-corrected chi connectivity index (χ1v) is 2.87. The molecule has 8 heteroatoms. The van der Waals surface area contributed by atoms with Gasteiger partial charge in [-0.3, -0.25) is 0 Å². The van der Waals surface area contributed by atoms with Crippen molar-refractivity contribution < 1.29 is 31.9 Å². The Kier molecular flexibility index (Phi) is 2.74. The lowest BCUT2D eigenvalue weighted by Crippen LogP contribution is -2.23. The number of alkyl halides is 3. The Bertz CT molecular complexity index is 162. The van der Waals surface area contributed by atoms with Crippen LogP contribution in [0.2, 0.25) is 0 Å². The third-order valence-corrected chi connectivity index (χ3v) is 0.704. The normalized spacial score (nSPS) is 12.6. The van der Waals surface area contributed by atoms with Crippen LogP contribution in [0.25, 0.3) is 0 Å². The van der Waals surface area contributed by atoms with E-state index in [0.717, 1.165) is 0 Å². The average molecular weight is 176 g/mol. The summed E-state index contributed by atoms with van der Waals surface area (Å²) < 4.78 is 45.4. The van der Waals surface area contributed by atoms with Crippen LogP contribution < -0.4 is 4.89 Å². The third kappa shape index (κ3) is 3.37. The first-order chi connectivity index (χ1) is 4.34. The van der Waals surface area contributed by atoms with E-state index < -0.39 is 20.4 Å². The second kappa shape index (κ2) is 2.94. The Morgan fingerprint density at radius 2 is 1.90 bits per heavy atom. The van der Waals surface area contributed by atoms with E-state index in [4.69, 9.17) is 0 Å². The molecule has 1 atom stereocenters. The molecule has 0 rings (SSSR count). The molecule has 0 saturated carbocycles. The fourth-order valence-corrected chi connectivity index (χ4v) is 0.358. The zero-order chi connectivity index (χ0) is 8.36. The molecule has 0 saturated heterocycles. The summed E-state index contributed by atoms with van der Waals surface area (Å²) in [6.07, 6.45) is -5.25. The van der Waals surface area contributed by atoms with Crippen molar-refractivity contribution in [3.8, 4) is 0 Å². The second-order valence-corrected chi connectivity index (χ2v) is 1.73. The minimum absolute atomic E-state index is 2.73. The van der Waals surface area contributed by atoms with E-state index in [1.807, 2.05) is 0 Å². The molecule has 0 aliphatic heterocycles. The van der Waals surface area contributed by atoms with Gasteiger partial charge in [-0.2, -0.15) is 13.2 Å². The van der Waals surface area contributed by atoms with Gasteiger partial charge in [-0.05, 0) is 4.57 Å². The highest BCUT2D eigenvalue weighted by molar-refractivity contribution is 7.31. The van der Waals surface area contributed by atoms with Crippen LogP contribution in [0.5, 0.6) is 0 Å². The van der Waals surface area contributed by atoms with Crippen molar-refractivity contribution >= 4 is 14.2 Å². The van der Waals surface area contributed by atoms with Crippen molar-refractivity contribution in [2.24, 2.45) is 0 Å². The molecule has 0 heterocycles. The highest BCUT2D eigenvalue weighted by Gasteiger charge is 2.44. The summed E-state index contributed by atoms with van der Waals surface area (Å²) in [6.45, 7) is 0. The quantitative estimate of drug-likeness (QED) is 0.531. The summed E-state index contributed by atoms with van der Waals surface area (Å²) in [6, 6.07) is 0. The van der Waals surface area contributed by atoms with Gasteiger partial charge in [-0.1, -0.05) is 0 Å². The topological polar surface area (TPSA) is 66.4 Å². The van der Waals surface area contributed by atoms with Gasteiger partial charge in [-0.25, -0.2) is 9.32 Å². The Morgan fingerprint density at radius 3 is 2.00 bits per heavy atom. The van der Waals surface area contributed by atoms with Crippen molar-refractivity contribution in [1.29, 1.82) is 0 Å². The largest absolute Gasteiger partial charge is 0.558 e. The highest BCUT2D eigenvalue weighted by atomic mass is 31.1. The van der Waals surface area contributed by atoms with Gasteiger partial charge in [0.05, 0.1) is 0 Å². The van der Waals surface area contributed by atoms with Gasteiger partial charge in [0.2, 0.25) is 0 Å². The van der Waals surface area contributed by atoms with Crippen LogP contribution in [0.4, 0.5) is 13.2 Å². The zero-order valence-corrected chi connectivity index (χ0v) is 5.11. The van der Waals surface area contributed by atoms with Crippen LogP contribution in [0, 0.1) is 0 Å². The Labute approximate surface area is 53.5 Å². The fourth-order valence-electron chi connectivity index (χ4n) is 0.119. The number of halogens is 3. The standard InChI is InChI=1S/C2F3O4P/c3-2(4,5)1(6)9-10(7)8. The predicted molar refractivity (Wildman–Crippen MR) is 19.8 cm³/mol. The molecule has 0 N–H and O–H groups in total. The van der Waals surface area contributed by atoms with Gasteiger partial charge in [0.15, 0.2) is 0 Å². The summed E-state index contributed by atoms with van der Waals surface area (Å²) in [5.41, 5.74) is 0. The van der Waals surface area contributed by atoms with Crippen LogP contribution in [-0.2, 0) is 13.9 Å². The SMILES string of the molecule is O=C(O[P+](=O)[O-])C(F)(F)F. The van der Waals surface area contributed by atoms with Crippen molar-refractivity contribution in [2.45, 2.75) is 6.18 Å². The first kappa shape index (κ1) is 9.32. The Balaban J connectivity index is 3.99. The van der Waals surface area contributed by atoms with Gasteiger partial charge in [0.25, 0.3) is 0 Å². The summed E-state index contributed by atoms with van der Waals surface area (Å²) in [5.74, 6) is -2.73. The number of hydrogen-bond acceptors (Lipinski definition) is 4. The Morgan fingerprint density at radius 1 is 1.50 bits per heavy atom. The summed E-state index contributed by atoms with van der Waals surface area (Å²) in [5, 5.41) is 0. The van der Waals surface area contributed by atoms with E-state index >= 15 is 0 Å². The van der Waals surface area contributed by atoms with Crippen LogP contribution >= 0.6 is 8.25 Å². The van der Waals surface area contributed by atoms with E-state index in [1.165, 1.54) is 0 Å². The molecule has 0 bridgehead atoms. The van der Waals surface area contributed by atoms with E-state index in [2.05, 4.69) is 4.52 Å². The molecule has 10 heavy (non-hydrogen) atoms. The van der Waals surface area contributed by atoms with E-state index in [9.17, 15) is 27.4 Å². The third-order valence-electron chi connectivity index (χ3n) is 0.389. The molecule has 1 unspecified atom stereocenters. The molecule has 0 aliphatic carbocycles. The smallest absolute Gasteiger partial charge is 0.542 e. The molecule has 0 amide bonds. The summed E-state index contributed by atoms with van der Waals surface area (Å²) >= 11 is 0. The molecule has 0 radical (unpaired) electrons. The molecule has 0 fully saturated rings. The zero-order valence-electron chi connectivity index (χ0n) is 4.21. The molecule has 58 valence electrons. The molecular weight excluding hydrogens is 176 g/mol.